The molecule has 8 nitrogen and oxygen atoms in total. The van der Waals surface area contributed by atoms with Gasteiger partial charge in [0, 0.05) is 41.7 Å². The summed E-state index contributed by atoms with van der Waals surface area (Å²) in [6.45, 7) is 1.46. The number of ether oxygens (including phenoxy) is 1. The van der Waals surface area contributed by atoms with Crippen LogP contribution in [0.2, 0.25) is 10.0 Å². The Morgan fingerprint density at radius 2 is 1.92 bits per heavy atom. The van der Waals surface area contributed by atoms with Crippen LogP contribution < -0.4 is 15.2 Å². The van der Waals surface area contributed by atoms with E-state index in [9.17, 15) is 9.59 Å². The molecule has 3 aromatic carbocycles. The molecular formula is C26H20Cl2N4O4. The molecule has 182 valence electrons. The molecule has 2 heterocycles. The van der Waals surface area contributed by atoms with Crippen molar-refractivity contribution in [3.05, 3.63) is 80.9 Å². The number of benzene rings is 3. The van der Waals surface area contributed by atoms with Gasteiger partial charge in [0.15, 0.2) is 11.5 Å². The van der Waals surface area contributed by atoms with Crippen LogP contribution in [0.4, 0.5) is 5.69 Å². The highest BCUT2D eigenvalue weighted by molar-refractivity contribution is 6.33. The van der Waals surface area contributed by atoms with Crippen LogP contribution in [0.3, 0.4) is 0 Å². The van der Waals surface area contributed by atoms with E-state index in [1.165, 1.54) is 12.0 Å². The molecule has 1 amide bonds. The lowest BCUT2D eigenvalue weighted by molar-refractivity contribution is -0.119. The van der Waals surface area contributed by atoms with E-state index in [1.807, 2.05) is 6.07 Å². The monoisotopic (exact) mass is 522 g/mol. The Labute approximate surface area is 215 Å². The molecular weight excluding hydrogens is 503 g/mol. The van der Waals surface area contributed by atoms with E-state index in [4.69, 9.17) is 32.4 Å². The SMILES string of the molecule is COc1cc2c(=O)n(CC(=O)N(C)c3ccc4nc(C)oc4c3)nc(-c3cccc(Cl)c3)c2cc1Cl. The van der Waals surface area contributed by atoms with Crippen LogP contribution in [0, 0.1) is 6.92 Å². The number of aryl methyl sites for hydroxylation is 1. The van der Waals surface area contributed by atoms with Gasteiger partial charge in [0.25, 0.3) is 5.56 Å². The number of amides is 1. The molecule has 5 aromatic rings. The van der Waals surface area contributed by atoms with Crippen LogP contribution in [-0.4, -0.2) is 34.8 Å². The lowest BCUT2D eigenvalue weighted by Crippen LogP contribution is -2.35. The van der Waals surface area contributed by atoms with Crippen molar-refractivity contribution >= 4 is 56.7 Å². The number of oxazole rings is 1. The molecule has 0 fully saturated rings. The lowest BCUT2D eigenvalue weighted by Gasteiger charge is -2.18. The van der Waals surface area contributed by atoms with Gasteiger partial charge < -0.3 is 14.1 Å². The molecule has 10 heteroatoms. The second-order valence-electron chi connectivity index (χ2n) is 8.19. The highest BCUT2D eigenvalue weighted by atomic mass is 35.5. The van der Waals surface area contributed by atoms with Crippen molar-refractivity contribution in [1.29, 1.82) is 0 Å². The number of fused-ring (bicyclic) bond motifs is 2. The zero-order valence-corrected chi connectivity index (χ0v) is 21.1. The number of methoxy groups -OCH3 is 1. The van der Waals surface area contributed by atoms with Gasteiger partial charge in [-0.15, -0.1) is 0 Å². The predicted molar refractivity (Wildman–Crippen MR) is 140 cm³/mol. The first-order valence-corrected chi connectivity index (χ1v) is 11.7. The number of likely N-dealkylation sites (N-methyl/N-ethyl adjacent to an activating group) is 1. The first-order chi connectivity index (χ1) is 17.2. The Kier molecular flexibility index (Phi) is 6.15. The van der Waals surface area contributed by atoms with E-state index in [-0.39, 0.29) is 12.5 Å². The minimum atomic E-state index is -0.450. The van der Waals surface area contributed by atoms with Gasteiger partial charge in [-0.25, -0.2) is 9.67 Å². The molecule has 2 aromatic heterocycles. The minimum Gasteiger partial charge on any atom is -0.495 e. The number of hydrogen-bond donors (Lipinski definition) is 0. The second-order valence-corrected chi connectivity index (χ2v) is 9.04. The topological polar surface area (TPSA) is 90.5 Å². The quantitative estimate of drug-likeness (QED) is 0.303. The summed E-state index contributed by atoms with van der Waals surface area (Å²) in [5.74, 6) is 0.528. The molecule has 0 bridgehead atoms. The Hall–Kier alpha value is -3.88. The Morgan fingerprint density at radius 1 is 1.11 bits per heavy atom. The summed E-state index contributed by atoms with van der Waals surface area (Å²) in [6, 6.07) is 15.5. The number of hydrogen-bond acceptors (Lipinski definition) is 6. The number of rotatable bonds is 5. The smallest absolute Gasteiger partial charge is 0.275 e. The Bertz CT molecular complexity index is 1710. The lowest BCUT2D eigenvalue weighted by atomic mass is 10.0. The normalized spacial score (nSPS) is 11.2. The molecule has 0 N–H and O–H groups in total. The van der Waals surface area contributed by atoms with Crippen molar-refractivity contribution in [3.63, 3.8) is 0 Å². The third-order valence-electron chi connectivity index (χ3n) is 5.86. The molecule has 0 saturated carbocycles. The van der Waals surface area contributed by atoms with E-state index in [2.05, 4.69) is 10.1 Å². The van der Waals surface area contributed by atoms with Crippen molar-refractivity contribution in [1.82, 2.24) is 14.8 Å². The average Bonchev–Trinajstić information content (AvgIpc) is 3.24. The Balaban J connectivity index is 1.59. The molecule has 0 radical (unpaired) electrons. The minimum absolute atomic E-state index is 0.294. The maximum absolute atomic E-state index is 13.4. The summed E-state index contributed by atoms with van der Waals surface area (Å²) in [6.07, 6.45) is 0. The number of halogens is 2. The molecule has 0 aliphatic rings. The number of carbonyl (C=O) groups is 1. The van der Waals surface area contributed by atoms with Crippen LogP contribution in [0.25, 0.3) is 33.1 Å². The zero-order chi connectivity index (χ0) is 25.6. The number of nitrogens with zero attached hydrogens (tertiary/aromatic N) is 4. The van der Waals surface area contributed by atoms with Crippen LogP contribution in [0.15, 0.2) is 63.8 Å². The van der Waals surface area contributed by atoms with Gasteiger partial charge in [0.05, 0.1) is 23.2 Å². The van der Waals surface area contributed by atoms with Crippen molar-refractivity contribution in [2.24, 2.45) is 0 Å². The zero-order valence-electron chi connectivity index (χ0n) is 19.6. The largest absolute Gasteiger partial charge is 0.495 e. The van der Waals surface area contributed by atoms with E-state index >= 15 is 0 Å². The number of carbonyl (C=O) groups excluding carboxylic acids is 1. The summed E-state index contributed by atoms with van der Waals surface area (Å²) >= 11 is 12.6. The van der Waals surface area contributed by atoms with E-state index in [0.29, 0.717) is 60.5 Å². The predicted octanol–water partition coefficient (Wildman–Crippen LogP) is 5.49. The van der Waals surface area contributed by atoms with Gasteiger partial charge >= 0.3 is 0 Å². The summed E-state index contributed by atoms with van der Waals surface area (Å²) in [5, 5.41) is 6.23. The van der Waals surface area contributed by atoms with Crippen LogP contribution >= 0.6 is 23.2 Å². The van der Waals surface area contributed by atoms with Gasteiger partial charge in [-0.3, -0.25) is 9.59 Å². The van der Waals surface area contributed by atoms with Gasteiger partial charge in [0.1, 0.15) is 17.8 Å². The molecule has 5 rings (SSSR count). The van der Waals surface area contributed by atoms with E-state index in [1.54, 1.807) is 62.5 Å². The van der Waals surface area contributed by atoms with Gasteiger partial charge in [0.2, 0.25) is 5.91 Å². The number of anilines is 1. The standard InChI is InChI=1S/C26H20Cl2N4O4/c1-14-29-21-8-7-17(10-23(21)36-14)31(2)24(33)13-32-26(34)19-12-22(35-3)20(28)11-18(19)25(30-32)15-5-4-6-16(27)9-15/h4-12H,13H2,1-3H3. The summed E-state index contributed by atoms with van der Waals surface area (Å²) in [5.41, 5.74) is 2.55. The molecule has 36 heavy (non-hydrogen) atoms. The molecule has 0 spiro atoms. The van der Waals surface area contributed by atoms with Crippen LogP contribution in [0.1, 0.15) is 5.89 Å². The summed E-state index contributed by atoms with van der Waals surface area (Å²) in [4.78, 5) is 32.4. The summed E-state index contributed by atoms with van der Waals surface area (Å²) in [7, 11) is 3.09. The average molecular weight is 523 g/mol. The van der Waals surface area contributed by atoms with Gasteiger partial charge in [-0.2, -0.15) is 5.10 Å². The van der Waals surface area contributed by atoms with Crippen molar-refractivity contribution in [3.8, 4) is 17.0 Å². The van der Waals surface area contributed by atoms with Gasteiger partial charge in [-0.1, -0.05) is 35.3 Å². The molecule has 0 unspecified atom stereocenters. The van der Waals surface area contributed by atoms with Crippen molar-refractivity contribution in [2.45, 2.75) is 13.5 Å². The van der Waals surface area contributed by atoms with E-state index in [0.717, 1.165) is 4.68 Å². The first kappa shape index (κ1) is 23.8. The van der Waals surface area contributed by atoms with Crippen molar-refractivity contribution < 1.29 is 13.9 Å². The molecule has 0 saturated heterocycles. The maximum atomic E-state index is 13.4. The first-order valence-electron chi connectivity index (χ1n) is 10.9. The molecule has 0 aliphatic heterocycles. The summed E-state index contributed by atoms with van der Waals surface area (Å²) < 4.78 is 12.0. The second kappa shape index (κ2) is 9.29. The fraction of sp³-hybridized carbons (Fsp3) is 0.154. The number of aromatic nitrogens is 3. The van der Waals surface area contributed by atoms with Gasteiger partial charge in [-0.05, 0) is 36.4 Å². The Morgan fingerprint density at radius 3 is 2.67 bits per heavy atom. The third-order valence-corrected chi connectivity index (χ3v) is 6.39. The fourth-order valence-corrected chi connectivity index (χ4v) is 4.44. The highest BCUT2D eigenvalue weighted by Crippen LogP contribution is 2.33. The van der Waals surface area contributed by atoms with Crippen LogP contribution in [-0.2, 0) is 11.3 Å². The fourth-order valence-electron chi connectivity index (χ4n) is 4.01. The third kappa shape index (κ3) is 4.29. The van der Waals surface area contributed by atoms with Crippen molar-refractivity contribution in [2.75, 3.05) is 19.1 Å². The molecule has 0 atom stereocenters. The maximum Gasteiger partial charge on any atom is 0.275 e. The van der Waals surface area contributed by atoms with Crippen LogP contribution in [0.5, 0.6) is 5.75 Å². The van der Waals surface area contributed by atoms with E-state index < -0.39 is 5.56 Å². The highest BCUT2D eigenvalue weighted by Gasteiger charge is 2.20. The molecule has 0 aliphatic carbocycles.